The Balaban J connectivity index is 1.19. The summed E-state index contributed by atoms with van der Waals surface area (Å²) in [7, 11) is 0. The fraction of sp³-hybridized carbons (Fsp3) is 0.409. The molecule has 3 heterocycles. The van der Waals surface area contributed by atoms with E-state index in [9.17, 15) is 4.79 Å². The molecule has 0 spiro atoms. The first-order chi connectivity index (χ1) is 15.3. The number of anilines is 2. The summed E-state index contributed by atoms with van der Waals surface area (Å²) < 4.78 is 13.0. The number of carbonyl (C=O) groups is 1. The van der Waals surface area contributed by atoms with Crippen molar-refractivity contribution in [2.75, 3.05) is 42.3 Å². The zero-order valence-electron chi connectivity index (χ0n) is 17.2. The maximum absolute atomic E-state index is 12.5. The number of ether oxygens (including phenoxy) is 1. The van der Waals surface area contributed by atoms with E-state index in [1.165, 1.54) is 11.8 Å². The van der Waals surface area contributed by atoms with Gasteiger partial charge in [0.25, 0.3) is 0 Å². The lowest BCUT2D eigenvalue weighted by Crippen LogP contribution is -2.36. The van der Waals surface area contributed by atoms with Crippen LogP contribution < -0.4 is 10.2 Å². The van der Waals surface area contributed by atoms with Gasteiger partial charge in [0.1, 0.15) is 11.6 Å². The molecule has 8 nitrogen and oxygen atoms in total. The topological polar surface area (TPSA) is 85.4 Å². The van der Waals surface area contributed by atoms with Crippen LogP contribution in [-0.2, 0) is 16.1 Å². The SMILES string of the molecule is O=C(CSc1nnc(C2CC2)n1Cc1ccco1)Nc1ccc(N2CCOCC2)cc1. The minimum Gasteiger partial charge on any atom is -0.467 e. The van der Waals surface area contributed by atoms with Crippen LogP contribution in [0.15, 0.2) is 52.2 Å². The summed E-state index contributed by atoms with van der Waals surface area (Å²) in [5.41, 5.74) is 1.94. The van der Waals surface area contributed by atoms with Gasteiger partial charge in [-0.2, -0.15) is 0 Å². The molecule has 0 atom stereocenters. The number of rotatable bonds is 8. The minimum atomic E-state index is -0.0651. The lowest BCUT2D eigenvalue weighted by Gasteiger charge is -2.28. The predicted octanol–water partition coefficient (Wildman–Crippen LogP) is 3.36. The molecule has 9 heteroatoms. The number of benzene rings is 1. The van der Waals surface area contributed by atoms with Crippen LogP contribution in [0.1, 0.15) is 30.3 Å². The zero-order valence-corrected chi connectivity index (χ0v) is 18.0. The summed E-state index contributed by atoms with van der Waals surface area (Å²) in [4.78, 5) is 14.8. The van der Waals surface area contributed by atoms with E-state index in [-0.39, 0.29) is 11.7 Å². The third-order valence-electron chi connectivity index (χ3n) is 5.44. The number of amides is 1. The molecule has 5 rings (SSSR count). The molecular formula is C22H25N5O3S. The normalized spacial score (nSPS) is 16.5. The number of hydrogen-bond donors (Lipinski definition) is 1. The third kappa shape index (κ3) is 4.94. The number of furan rings is 1. The molecule has 1 N–H and O–H groups in total. The van der Waals surface area contributed by atoms with E-state index in [1.54, 1.807) is 6.26 Å². The van der Waals surface area contributed by atoms with Crippen molar-refractivity contribution >= 4 is 29.0 Å². The van der Waals surface area contributed by atoms with Crippen molar-refractivity contribution in [3.63, 3.8) is 0 Å². The Morgan fingerprint density at radius 1 is 1.13 bits per heavy atom. The number of carbonyl (C=O) groups excluding carboxylic acids is 1. The first-order valence-electron chi connectivity index (χ1n) is 10.6. The van der Waals surface area contributed by atoms with Gasteiger partial charge in [0.2, 0.25) is 5.91 Å². The number of aromatic nitrogens is 3. The molecule has 1 amide bonds. The molecule has 2 fully saturated rings. The Bertz CT molecular complexity index is 1010. The summed E-state index contributed by atoms with van der Waals surface area (Å²) in [6.07, 6.45) is 3.95. The lowest BCUT2D eigenvalue weighted by molar-refractivity contribution is -0.113. The molecule has 162 valence electrons. The van der Waals surface area contributed by atoms with Crippen LogP contribution in [0, 0.1) is 0 Å². The quantitative estimate of drug-likeness (QED) is 0.539. The molecule has 1 saturated carbocycles. The van der Waals surface area contributed by atoms with E-state index in [2.05, 4.69) is 25.0 Å². The monoisotopic (exact) mass is 439 g/mol. The zero-order chi connectivity index (χ0) is 21.0. The van der Waals surface area contributed by atoms with Crippen LogP contribution in [0.25, 0.3) is 0 Å². The summed E-state index contributed by atoms with van der Waals surface area (Å²) in [5, 5.41) is 12.4. The second kappa shape index (κ2) is 9.15. The minimum absolute atomic E-state index is 0.0651. The van der Waals surface area contributed by atoms with Crippen molar-refractivity contribution < 1.29 is 13.9 Å². The first kappa shape index (κ1) is 20.1. The Labute approximate surface area is 185 Å². The second-order valence-electron chi connectivity index (χ2n) is 7.76. The van der Waals surface area contributed by atoms with Gasteiger partial charge >= 0.3 is 0 Å². The van der Waals surface area contributed by atoms with E-state index in [0.717, 1.165) is 67.3 Å². The van der Waals surface area contributed by atoms with Crippen molar-refractivity contribution in [2.45, 2.75) is 30.5 Å². The number of thioether (sulfide) groups is 1. The summed E-state index contributed by atoms with van der Waals surface area (Å²) in [6.45, 7) is 3.87. The Morgan fingerprint density at radius 3 is 2.65 bits per heavy atom. The molecule has 2 aromatic heterocycles. The van der Waals surface area contributed by atoms with Crippen LogP contribution in [0.2, 0.25) is 0 Å². The fourth-order valence-electron chi connectivity index (χ4n) is 3.66. The van der Waals surface area contributed by atoms with Gasteiger partial charge in [0, 0.05) is 30.4 Å². The largest absolute Gasteiger partial charge is 0.467 e. The van der Waals surface area contributed by atoms with Crippen molar-refractivity contribution in [3.05, 3.63) is 54.2 Å². The Hall–Kier alpha value is -2.78. The highest BCUT2D eigenvalue weighted by molar-refractivity contribution is 7.99. The first-order valence-corrected chi connectivity index (χ1v) is 11.6. The molecule has 1 saturated heterocycles. The van der Waals surface area contributed by atoms with E-state index < -0.39 is 0 Å². The molecule has 0 radical (unpaired) electrons. The van der Waals surface area contributed by atoms with Crippen LogP contribution in [0.4, 0.5) is 11.4 Å². The Morgan fingerprint density at radius 2 is 1.94 bits per heavy atom. The highest BCUT2D eigenvalue weighted by Crippen LogP contribution is 2.40. The van der Waals surface area contributed by atoms with Crippen LogP contribution in [-0.4, -0.2) is 52.7 Å². The number of morpholine rings is 1. The second-order valence-corrected chi connectivity index (χ2v) is 8.71. The summed E-state index contributed by atoms with van der Waals surface area (Å²) in [5.74, 6) is 2.51. The van der Waals surface area contributed by atoms with Gasteiger partial charge in [-0.15, -0.1) is 10.2 Å². The summed E-state index contributed by atoms with van der Waals surface area (Å²) >= 11 is 1.40. The van der Waals surface area contributed by atoms with E-state index >= 15 is 0 Å². The van der Waals surface area contributed by atoms with Crippen LogP contribution in [0.5, 0.6) is 0 Å². The van der Waals surface area contributed by atoms with Gasteiger partial charge in [-0.3, -0.25) is 9.36 Å². The Kier molecular flexibility index (Phi) is 5.95. The van der Waals surface area contributed by atoms with Gasteiger partial charge in [0.15, 0.2) is 5.16 Å². The maximum atomic E-state index is 12.5. The molecule has 0 unspecified atom stereocenters. The fourth-order valence-corrected chi connectivity index (χ4v) is 4.41. The smallest absolute Gasteiger partial charge is 0.234 e. The highest BCUT2D eigenvalue weighted by atomic mass is 32.2. The van der Waals surface area contributed by atoms with Crippen molar-refractivity contribution in [1.29, 1.82) is 0 Å². The van der Waals surface area contributed by atoms with Gasteiger partial charge in [-0.25, -0.2) is 0 Å². The van der Waals surface area contributed by atoms with E-state index in [1.807, 2.05) is 36.4 Å². The highest BCUT2D eigenvalue weighted by Gasteiger charge is 2.30. The number of nitrogens with zero attached hydrogens (tertiary/aromatic N) is 4. The average Bonchev–Trinajstić information content (AvgIpc) is 3.36. The third-order valence-corrected chi connectivity index (χ3v) is 6.41. The van der Waals surface area contributed by atoms with Crippen LogP contribution >= 0.6 is 11.8 Å². The van der Waals surface area contributed by atoms with E-state index in [4.69, 9.17) is 9.15 Å². The number of nitrogens with one attached hydrogen (secondary N) is 1. The van der Waals surface area contributed by atoms with Crippen LogP contribution in [0.3, 0.4) is 0 Å². The van der Waals surface area contributed by atoms with Crippen molar-refractivity contribution in [3.8, 4) is 0 Å². The molecular weight excluding hydrogens is 414 g/mol. The van der Waals surface area contributed by atoms with Gasteiger partial charge in [-0.05, 0) is 49.2 Å². The van der Waals surface area contributed by atoms with Gasteiger partial charge in [-0.1, -0.05) is 11.8 Å². The van der Waals surface area contributed by atoms with Gasteiger partial charge < -0.3 is 19.4 Å². The molecule has 31 heavy (non-hydrogen) atoms. The van der Waals surface area contributed by atoms with Gasteiger partial charge in [0.05, 0.1) is 31.8 Å². The molecule has 1 aromatic carbocycles. The molecule has 2 aliphatic rings. The van der Waals surface area contributed by atoms with Crippen molar-refractivity contribution in [1.82, 2.24) is 14.8 Å². The van der Waals surface area contributed by atoms with Crippen molar-refractivity contribution in [2.24, 2.45) is 0 Å². The average molecular weight is 440 g/mol. The molecule has 1 aliphatic heterocycles. The maximum Gasteiger partial charge on any atom is 0.234 e. The lowest BCUT2D eigenvalue weighted by atomic mass is 10.2. The van der Waals surface area contributed by atoms with E-state index in [0.29, 0.717) is 12.5 Å². The standard InChI is InChI=1S/C22H25N5O3S/c28-20(23-17-5-7-18(8-6-17)26-9-12-29-13-10-26)15-31-22-25-24-21(16-3-4-16)27(22)14-19-2-1-11-30-19/h1-2,5-8,11,16H,3-4,9-10,12-15H2,(H,23,28). The molecule has 3 aromatic rings. The summed E-state index contributed by atoms with van der Waals surface area (Å²) in [6, 6.07) is 11.8. The molecule has 1 aliphatic carbocycles. The predicted molar refractivity (Wildman–Crippen MR) is 119 cm³/mol. The molecule has 0 bridgehead atoms. The number of hydrogen-bond acceptors (Lipinski definition) is 7.